The first-order chi connectivity index (χ1) is 13.8. The molecule has 0 aromatic carbocycles. The highest BCUT2D eigenvalue weighted by Crippen LogP contribution is 2.33. The molecule has 1 aliphatic heterocycles. The largest absolute Gasteiger partial charge is 0.462 e. The molecule has 0 spiro atoms. The fourth-order valence-electron chi connectivity index (χ4n) is 3.04. The Hall–Kier alpha value is -2.72. The quantitative estimate of drug-likeness (QED) is 0.742. The number of morpholine rings is 1. The van der Waals surface area contributed by atoms with Crippen molar-refractivity contribution >= 4 is 34.1 Å². The van der Waals surface area contributed by atoms with Gasteiger partial charge >= 0.3 is 5.97 Å². The lowest BCUT2D eigenvalue weighted by Gasteiger charge is -2.25. The highest BCUT2D eigenvalue weighted by Gasteiger charge is 2.26. The van der Waals surface area contributed by atoms with E-state index in [-0.39, 0.29) is 23.9 Å². The second-order valence-corrected chi connectivity index (χ2v) is 7.83. The molecule has 10 heteroatoms. The summed E-state index contributed by atoms with van der Waals surface area (Å²) in [7, 11) is 1.60. The number of hydrogen-bond donors (Lipinski definition) is 1. The summed E-state index contributed by atoms with van der Waals surface area (Å²) in [4.78, 5) is 40.3. The number of esters is 1. The molecule has 29 heavy (non-hydrogen) atoms. The van der Waals surface area contributed by atoms with Gasteiger partial charge in [0.1, 0.15) is 10.7 Å². The first kappa shape index (κ1) is 21.0. The molecule has 1 fully saturated rings. The average Bonchev–Trinajstić information content (AvgIpc) is 3.22. The summed E-state index contributed by atoms with van der Waals surface area (Å²) >= 11 is 1.31. The van der Waals surface area contributed by atoms with Gasteiger partial charge in [-0.1, -0.05) is 0 Å². The van der Waals surface area contributed by atoms with Gasteiger partial charge in [-0.2, -0.15) is 5.10 Å². The summed E-state index contributed by atoms with van der Waals surface area (Å²) in [6.07, 6.45) is 0. The monoisotopic (exact) mass is 420 g/mol. The third-order valence-electron chi connectivity index (χ3n) is 4.72. The second kappa shape index (κ2) is 8.75. The second-order valence-electron chi connectivity index (χ2n) is 6.60. The Bertz CT molecular complexity index is 943. The smallest absolute Gasteiger partial charge is 0.341 e. The standard InChI is InChI=1S/C19H24N4O5S/c1-5-28-19(26)15-11(2)12(3)29-17(15)20-16(24)14-10-13(21-22(14)4)18(25)23-6-8-27-9-7-23/h10H,5-9H2,1-4H3,(H,20,24). The van der Waals surface area contributed by atoms with E-state index in [0.29, 0.717) is 36.9 Å². The van der Waals surface area contributed by atoms with Gasteiger partial charge in [-0.05, 0) is 26.3 Å². The van der Waals surface area contributed by atoms with Crippen LogP contribution in [0.4, 0.5) is 5.00 Å². The summed E-state index contributed by atoms with van der Waals surface area (Å²) in [5, 5.41) is 7.39. The Balaban J connectivity index is 1.82. The summed E-state index contributed by atoms with van der Waals surface area (Å²) in [6.45, 7) is 7.63. The third kappa shape index (κ3) is 4.33. The number of aromatic nitrogens is 2. The predicted octanol–water partition coefficient (Wildman–Crippen LogP) is 2.00. The van der Waals surface area contributed by atoms with Crippen molar-refractivity contribution in [2.45, 2.75) is 20.8 Å². The van der Waals surface area contributed by atoms with Crippen LogP contribution in [-0.2, 0) is 16.5 Å². The zero-order valence-electron chi connectivity index (χ0n) is 16.9. The van der Waals surface area contributed by atoms with Crippen LogP contribution in [-0.4, -0.2) is 65.4 Å². The van der Waals surface area contributed by atoms with Crippen LogP contribution in [0.1, 0.15) is 48.7 Å². The zero-order chi connectivity index (χ0) is 21.1. The van der Waals surface area contributed by atoms with Gasteiger partial charge in [-0.3, -0.25) is 14.3 Å². The molecular weight excluding hydrogens is 396 g/mol. The number of carbonyl (C=O) groups is 3. The maximum absolute atomic E-state index is 12.8. The SMILES string of the molecule is CCOC(=O)c1c(NC(=O)c2cc(C(=O)N3CCOCC3)nn2C)sc(C)c1C. The number of hydrogen-bond acceptors (Lipinski definition) is 7. The van der Waals surface area contributed by atoms with Crippen molar-refractivity contribution < 1.29 is 23.9 Å². The van der Waals surface area contributed by atoms with Crippen molar-refractivity contribution in [3.05, 3.63) is 33.5 Å². The van der Waals surface area contributed by atoms with E-state index in [1.165, 1.54) is 22.1 Å². The fourth-order valence-corrected chi connectivity index (χ4v) is 4.09. The molecule has 3 heterocycles. The van der Waals surface area contributed by atoms with Crippen molar-refractivity contribution in [3.8, 4) is 0 Å². The Morgan fingerprint density at radius 1 is 1.28 bits per heavy atom. The van der Waals surface area contributed by atoms with Crippen LogP contribution in [0.25, 0.3) is 0 Å². The van der Waals surface area contributed by atoms with Gasteiger partial charge in [0.25, 0.3) is 11.8 Å². The Morgan fingerprint density at radius 2 is 1.97 bits per heavy atom. The van der Waals surface area contributed by atoms with Gasteiger partial charge < -0.3 is 19.7 Å². The number of nitrogens with one attached hydrogen (secondary N) is 1. The maximum Gasteiger partial charge on any atom is 0.341 e. The van der Waals surface area contributed by atoms with Crippen LogP contribution in [0.3, 0.4) is 0 Å². The number of aryl methyl sites for hydroxylation is 2. The van der Waals surface area contributed by atoms with E-state index in [4.69, 9.17) is 9.47 Å². The molecule has 0 bridgehead atoms. The molecule has 1 saturated heterocycles. The summed E-state index contributed by atoms with van der Waals surface area (Å²) in [6, 6.07) is 1.46. The fraction of sp³-hybridized carbons (Fsp3) is 0.474. The molecule has 0 unspecified atom stereocenters. The number of thiophene rings is 1. The molecule has 0 saturated carbocycles. The van der Waals surface area contributed by atoms with Crippen molar-refractivity contribution in [3.63, 3.8) is 0 Å². The van der Waals surface area contributed by atoms with E-state index in [2.05, 4.69) is 10.4 Å². The molecule has 156 valence electrons. The first-order valence-electron chi connectivity index (χ1n) is 9.33. The minimum absolute atomic E-state index is 0.198. The van der Waals surface area contributed by atoms with E-state index < -0.39 is 11.9 Å². The summed E-state index contributed by atoms with van der Waals surface area (Å²) < 4.78 is 11.7. The van der Waals surface area contributed by atoms with E-state index in [9.17, 15) is 14.4 Å². The van der Waals surface area contributed by atoms with Gasteiger partial charge in [0.05, 0.1) is 25.4 Å². The molecule has 3 rings (SSSR count). The molecule has 0 atom stereocenters. The van der Waals surface area contributed by atoms with Crippen LogP contribution in [0, 0.1) is 13.8 Å². The van der Waals surface area contributed by atoms with Crippen molar-refractivity contribution in [2.24, 2.45) is 7.05 Å². The number of rotatable bonds is 5. The number of ether oxygens (including phenoxy) is 2. The van der Waals surface area contributed by atoms with Crippen molar-refractivity contribution in [2.75, 3.05) is 38.2 Å². The van der Waals surface area contributed by atoms with Gasteiger partial charge in [-0.15, -0.1) is 11.3 Å². The minimum Gasteiger partial charge on any atom is -0.462 e. The molecule has 1 aliphatic rings. The Kier molecular flexibility index (Phi) is 6.33. The number of anilines is 1. The van der Waals surface area contributed by atoms with E-state index in [0.717, 1.165) is 10.4 Å². The third-order valence-corrected chi connectivity index (χ3v) is 5.84. The van der Waals surface area contributed by atoms with E-state index in [1.807, 2.05) is 13.8 Å². The minimum atomic E-state index is -0.474. The highest BCUT2D eigenvalue weighted by atomic mass is 32.1. The summed E-state index contributed by atoms with van der Waals surface area (Å²) in [5.41, 5.74) is 1.55. The van der Waals surface area contributed by atoms with Gasteiger partial charge in [0.2, 0.25) is 0 Å². The Morgan fingerprint density at radius 3 is 2.62 bits per heavy atom. The van der Waals surface area contributed by atoms with Gasteiger partial charge in [-0.25, -0.2) is 4.79 Å². The molecule has 2 amide bonds. The first-order valence-corrected chi connectivity index (χ1v) is 10.1. The lowest BCUT2D eigenvalue weighted by atomic mass is 10.1. The van der Waals surface area contributed by atoms with Crippen LogP contribution in [0.15, 0.2) is 6.07 Å². The maximum atomic E-state index is 12.8. The molecule has 2 aromatic heterocycles. The van der Waals surface area contributed by atoms with Crippen molar-refractivity contribution in [1.29, 1.82) is 0 Å². The van der Waals surface area contributed by atoms with Crippen molar-refractivity contribution in [1.82, 2.24) is 14.7 Å². The average molecular weight is 420 g/mol. The molecule has 1 N–H and O–H groups in total. The van der Waals surface area contributed by atoms with Crippen LogP contribution in [0.2, 0.25) is 0 Å². The Labute approximate surface area is 172 Å². The van der Waals surface area contributed by atoms with Crippen LogP contribution < -0.4 is 5.32 Å². The predicted molar refractivity (Wildman–Crippen MR) is 108 cm³/mol. The zero-order valence-corrected chi connectivity index (χ0v) is 17.7. The highest BCUT2D eigenvalue weighted by molar-refractivity contribution is 7.16. The molecular formula is C19H24N4O5S. The molecule has 0 aliphatic carbocycles. The van der Waals surface area contributed by atoms with E-state index >= 15 is 0 Å². The lowest BCUT2D eigenvalue weighted by Crippen LogP contribution is -2.40. The van der Waals surface area contributed by atoms with Crippen LogP contribution >= 0.6 is 11.3 Å². The molecule has 2 aromatic rings. The lowest BCUT2D eigenvalue weighted by molar-refractivity contribution is 0.0298. The number of carbonyl (C=O) groups excluding carboxylic acids is 3. The van der Waals surface area contributed by atoms with Gasteiger partial charge in [0, 0.05) is 31.1 Å². The van der Waals surface area contributed by atoms with Crippen LogP contribution in [0.5, 0.6) is 0 Å². The summed E-state index contributed by atoms with van der Waals surface area (Å²) in [5.74, 6) is -1.16. The molecule has 9 nitrogen and oxygen atoms in total. The number of amides is 2. The topological polar surface area (TPSA) is 103 Å². The molecule has 0 radical (unpaired) electrons. The van der Waals surface area contributed by atoms with Gasteiger partial charge in [0.15, 0.2) is 5.69 Å². The van der Waals surface area contributed by atoms with E-state index in [1.54, 1.807) is 18.9 Å². The normalized spacial score (nSPS) is 14.0. The number of nitrogens with zero attached hydrogens (tertiary/aromatic N) is 3.